The van der Waals surface area contributed by atoms with Crippen LogP contribution in [0.25, 0.3) is 12.2 Å². The first-order valence-electron chi connectivity index (χ1n) is 15.5. The lowest BCUT2D eigenvalue weighted by molar-refractivity contribution is 0.0844. The second kappa shape index (κ2) is 13.6. The zero-order valence-electron chi connectivity index (χ0n) is 25.6. The van der Waals surface area contributed by atoms with Crippen LogP contribution in [-0.2, 0) is 15.6 Å². The van der Waals surface area contributed by atoms with E-state index < -0.39 is 10.8 Å². The topological polar surface area (TPSA) is 9.23 Å². The average molecular weight is 583 g/mol. The van der Waals surface area contributed by atoms with Crippen molar-refractivity contribution < 1.29 is 4.74 Å². The summed E-state index contributed by atoms with van der Waals surface area (Å²) in [6.07, 6.45) is 3.78. The second-order valence-electron chi connectivity index (χ2n) is 11.4. The van der Waals surface area contributed by atoms with E-state index in [-0.39, 0.29) is 0 Å². The van der Waals surface area contributed by atoms with Crippen LogP contribution in [0.5, 0.6) is 0 Å². The third kappa shape index (κ3) is 5.83. The summed E-state index contributed by atoms with van der Waals surface area (Å²) in [6, 6.07) is 60.4. The van der Waals surface area contributed by atoms with Crippen molar-refractivity contribution in [3.8, 4) is 0 Å². The van der Waals surface area contributed by atoms with Gasteiger partial charge in [-0.25, -0.2) is 0 Å². The Labute approximate surface area is 267 Å². The van der Waals surface area contributed by atoms with Crippen LogP contribution in [0, 0.1) is 0 Å². The Balaban J connectivity index is 1.52. The summed E-state index contributed by atoms with van der Waals surface area (Å²) in [5.41, 5.74) is 8.16. The highest BCUT2D eigenvalue weighted by Crippen LogP contribution is 2.43. The molecule has 0 atom stereocenters. The van der Waals surface area contributed by atoms with Gasteiger partial charge in [0.05, 0.1) is 24.0 Å². The molecule has 0 saturated heterocycles. The van der Waals surface area contributed by atoms with Gasteiger partial charge in [0.15, 0.2) is 0 Å². The zero-order valence-corrected chi connectivity index (χ0v) is 25.6. The van der Waals surface area contributed by atoms with Gasteiger partial charge in [-0.05, 0) is 44.5 Å². The molecule has 0 spiro atoms. The van der Waals surface area contributed by atoms with E-state index in [0.717, 1.165) is 11.1 Å². The number of hydrogen-bond donors (Lipinski definition) is 0. The fourth-order valence-electron chi connectivity index (χ4n) is 6.56. The van der Waals surface area contributed by atoms with E-state index in [2.05, 4.69) is 183 Å². The molecule has 6 rings (SSSR count). The second-order valence-corrected chi connectivity index (χ2v) is 11.4. The predicted molar refractivity (Wildman–Crippen MR) is 189 cm³/mol. The molecule has 0 saturated carbocycles. The molecule has 0 fully saturated rings. The molecule has 0 radical (unpaired) electrons. The maximum Gasteiger partial charge on any atom is 0.0685 e. The molecule has 0 N–H and O–H groups in total. The molecule has 6 aromatic rings. The van der Waals surface area contributed by atoms with E-state index >= 15 is 0 Å². The van der Waals surface area contributed by atoms with Gasteiger partial charge in [0.1, 0.15) is 0 Å². The van der Waals surface area contributed by atoms with Gasteiger partial charge in [-0.15, -0.1) is 0 Å². The van der Waals surface area contributed by atoms with Crippen LogP contribution in [0.15, 0.2) is 183 Å². The quantitative estimate of drug-likeness (QED) is 0.130. The molecule has 6 aromatic carbocycles. The average Bonchev–Trinajstić information content (AvgIpc) is 3.14. The molecule has 1 heteroatoms. The van der Waals surface area contributed by atoms with E-state index in [1.54, 1.807) is 0 Å². The summed E-state index contributed by atoms with van der Waals surface area (Å²) < 4.78 is 7.16. The maximum atomic E-state index is 7.16. The van der Waals surface area contributed by atoms with Crippen LogP contribution in [0.3, 0.4) is 0 Å². The van der Waals surface area contributed by atoms with Crippen molar-refractivity contribution in [2.45, 2.75) is 10.8 Å². The molecule has 0 unspecified atom stereocenters. The van der Waals surface area contributed by atoms with E-state index in [4.69, 9.17) is 4.74 Å². The number of hydrogen-bond acceptors (Lipinski definition) is 1. The van der Waals surface area contributed by atoms with Gasteiger partial charge in [0, 0.05) is 0 Å². The van der Waals surface area contributed by atoms with E-state index in [9.17, 15) is 0 Å². The van der Waals surface area contributed by atoms with Crippen LogP contribution >= 0.6 is 0 Å². The molecule has 0 aliphatic carbocycles. The van der Waals surface area contributed by atoms with Gasteiger partial charge >= 0.3 is 0 Å². The molecule has 1 nitrogen and oxygen atoms in total. The van der Waals surface area contributed by atoms with Crippen LogP contribution in [0.1, 0.15) is 44.5 Å². The van der Waals surface area contributed by atoms with Crippen LogP contribution in [0.2, 0.25) is 0 Å². The Morgan fingerprint density at radius 1 is 0.356 bits per heavy atom. The highest BCUT2D eigenvalue weighted by atomic mass is 16.5. The van der Waals surface area contributed by atoms with Gasteiger partial charge in [-0.3, -0.25) is 0 Å². The Hall–Kier alpha value is -5.24. The first-order valence-corrected chi connectivity index (χ1v) is 15.5. The Bertz CT molecular complexity index is 1590. The summed E-state index contributed by atoms with van der Waals surface area (Å²) in [5.74, 6) is 0. The Morgan fingerprint density at radius 3 is 0.844 bits per heavy atom. The van der Waals surface area contributed by atoms with E-state index in [1.165, 1.54) is 33.4 Å². The lowest BCUT2D eigenvalue weighted by Gasteiger charge is -2.39. The van der Waals surface area contributed by atoms with Crippen LogP contribution < -0.4 is 0 Å². The standard InChI is InChI=1S/C44H38O/c1-3-35-25-29-41(30-26-35)43(37-17-9-5-10-18-37,38-19-11-6-12-20-38)33-45-34-44(39-21-13-7-14-22-39,40-23-15-8-16-24-40)42-31-27-36(4-2)28-32-42/h3-32H,1-2,33-34H2. The van der Waals surface area contributed by atoms with Crippen LogP contribution in [0.4, 0.5) is 0 Å². The fourth-order valence-corrected chi connectivity index (χ4v) is 6.56. The summed E-state index contributed by atoms with van der Waals surface area (Å²) in [4.78, 5) is 0. The van der Waals surface area contributed by atoms with Gasteiger partial charge in [-0.2, -0.15) is 0 Å². The summed E-state index contributed by atoms with van der Waals surface area (Å²) in [5, 5.41) is 0. The molecule has 0 heterocycles. The summed E-state index contributed by atoms with van der Waals surface area (Å²) >= 11 is 0. The predicted octanol–water partition coefficient (Wildman–Crippen LogP) is 10.4. The van der Waals surface area contributed by atoms with Crippen molar-refractivity contribution in [3.63, 3.8) is 0 Å². The van der Waals surface area contributed by atoms with Crippen molar-refractivity contribution in [3.05, 3.63) is 228 Å². The smallest absolute Gasteiger partial charge is 0.0685 e. The van der Waals surface area contributed by atoms with Crippen LogP contribution in [-0.4, -0.2) is 13.2 Å². The Morgan fingerprint density at radius 2 is 0.600 bits per heavy atom. The molecular formula is C44H38O. The minimum Gasteiger partial charge on any atom is -0.378 e. The molecule has 0 amide bonds. The fraction of sp³-hybridized carbons (Fsp3) is 0.0909. The number of ether oxygens (including phenoxy) is 1. The van der Waals surface area contributed by atoms with Crippen molar-refractivity contribution in [1.29, 1.82) is 0 Å². The minimum atomic E-state index is -0.548. The third-order valence-electron chi connectivity index (χ3n) is 8.98. The van der Waals surface area contributed by atoms with Crippen molar-refractivity contribution in [2.75, 3.05) is 13.2 Å². The van der Waals surface area contributed by atoms with Crippen molar-refractivity contribution in [1.82, 2.24) is 0 Å². The molecule has 0 aliphatic heterocycles. The minimum absolute atomic E-state index is 0.445. The van der Waals surface area contributed by atoms with Crippen molar-refractivity contribution in [2.24, 2.45) is 0 Å². The first kappa shape index (κ1) is 29.8. The third-order valence-corrected chi connectivity index (χ3v) is 8.98. The van der Waals surface area contributed by atoms with Gasteiger partial charge in [0.25, 0.3) is 0 Å². The molecule has 45 heavy (non-hydrogen) atoms. The first-order chi connectivity index (χ1) is 22.2. The number of rotatable bonds is 12. The highest BCUT2D eigenvalue weighted by molar-refractivity contribution is 5.56. The van der Waals surface area contributed by atoms with Gasteiger partial charge in [0.2, 0.25) is 0 Å². The lowest BCUT2D eigenvalue weighted by atomic mass is 9.68. The molecule has 220 valence electrons. The van der Waals surface area contributed by atoms with E-state index in [0.29, 0.717) is 13.2 Å². The van der Waals surface area contributed by atoms with Gasteiger partial charge in [-0.1, -0.05) is 195 Å². The molecule has 0 bridgehead atoms. The Kier molecular flexibility index (Phi) is 9.01. The SMILES string of the molecule is C=Cc1ccc(C(COCC(c2ccccc2)(c2ccccc2)c2ccc(C=C)cc2)(c2ccccc2)c2ccccc2)cc1. The van der Waals surface area contributed by atoms with E-state index in [1.807, 2.05) is 12.2 Å². The van der Waals surface area contributed by atoms with Crippen molar-refractivity contribution >= 4 is 12.2 Å². The normalized spacial score (nSPS) is 11.6. The highest BCUT2D eigenvalue weighted by Gasteiger charge is 2.41. The number of benzene rings is 6. The maximum absolute atomic E-state index is 7.16. The summed E-state index contributed by atoms with van der Waals surface area (Å²) in [6.45, 7) is 8.86. The molecule has 0 aliphatic rings. The summed E-state index contributed by atoms with van der Waals surface area (Å²) in [7, 11) is 0. The molecular weight excluding hydrogens is 544 g/mol. The van der Waals surface area contributed by atoms with Gasteiger partial charge < -0.3 is 4.74 Å². The lowest BCUT2D eigenvalue weighted by Crippen LogP contribution is -2.40. The monoisotopic (exact) mass is 582 g/mol. The zero-order chi connectivity index (χ0) is 31.0. The molecule has 0 aromatic heterocycles. The largest absolute Gasteiger partial charge is 0.378 e.